The standard InChI is InChI=1S/C12H18N4O3/c1-9-2-3-10(19-9)12(17)16-6-4-15(5-7-16)8-11(13)14-18/h2-3,18H,4-8H2,1H3,(H2,13,14). The molecule has 0 radical (unpaired) electrons. The average molecular weight is 266 g/mol. The second kappa shape index (κ2) is 5.75. The summed E-state index contributed by atoms with van der Waals surface area (Å²) >= 11 is 0. The highest BCUT2D eigenvalue weighted by atomic mass is 16.4. The Bertz CT molecular complexity index is 475. The monoisotopic (exact) mass is 266 g/mol. The number of carbonyl (C=O) groups is 1. The normalized spacial score (nSPS) is 17.7. The van der Waals surface area contributed by atoms with Crippen molar-refractivity contribution in [3.63, 3.8) is 0 Å². The Morgan fingerprint density at radius 1 is 1.42 bits per heavy atom. The van der Waals surface area contributed by atoms with Crippen molar-refractivity contribution in [2.75, 3.05) is 32.7 Å². The number of carbonyl (C=O) groups excluding carboxylic acids is 1. The second-order valence-electron chi connectivity index (χ2n) is 4.57. The van der Waals surface area contributed by atoms with Crippen molar-refractivity contribution < 1.29 is 14.4 Å². The van der Waals surface area contributed by atoms with E-state index >= 15 is 0 Å². The number of hydrogen-bond acceptors (Lipinski definition) is 5. The van der Waals surface area contributed by atoms with Crippen LogP contribution in [0.25, 0.3) is 0 Å². The van der Waals surface area contributed by atoms with Crippen LogP contribution in [0.3, 0.4) is 0 Å². The van der Waals surface area contributed by atoms with E-state index in [9.17, 15) is 4.79 Å². The molecule has 7 nitrogen and oxygen atoms in total. The summed E-state index contributed by atoms with van der Waals surface area (Å²) in [5.74, 6) is 1.20. The number of nitrogens with two attached hydrogens (primary N) is 1. The molecule has 1 fully saturated rings. The number of furan rings is 1. The number of amidine groups is 1. The third kappa shape index (κ3) is 3.25. The van der Waals surface area contributed by atoms with Gasteiger partial charge in [0.15, 0.2) is 11.6 Å². The average Bonchev–Trinajstić information content (AvgIpc) is 2.85. The van der Waals surface area contributed by atoms with E-state index in [0.29, 0.717) is 38.5 Å². The highest BCUT2D eigenvalue weighted by Crippen LogP contribution is 2.11. The van der Waals surface area contributed by atoms with Crippen LogP contribution >= 0.6 is 0 Å². The SMILES string of the molecule is Cc1ccc(C(=O)N2CCN(CC(N)=NO)CC2)o1. The Balaban J connectivity index is 1.88. The molecule has 1 saturated heterocycles. The molecule has 0 bridgehead atoms. The Morgan fingerprint density at radius 2 is 2.11 bits per heavy atom. The summed E-state index contributed by atoms with van der Waals surface area (Å²) < 4.78 is 5.33. The summed E-state index contributed by atoms with van der Waals surface area (Å²) in [7, 11) is 0. The molecule has 2 rings (SSSR count). The van der Waals surface area contributed by atoms with Crippen LogP contribution in [-0.4, -0.2) is 59.5 Å². The molecule has 3 N–H and O–H groups in total. The minimum Gasteiger partial charge on any atom is -0.456 e. The number of piperazine rings is 1. The summed E-state index contributed by atoms with van der Waals surface area (Å²) in [6.45, 7) is 4.84. The van der Waals surface area contributed by atoms with E-state index in [0.717, 1.165) is 5.76 Å². The van der Waals surface area contributed by atoms with Gasteiger partial charge < -0.3 is 20.3 Å². The van der Waals surface area contributed by atoms with Gasteiger partial charge in [0.05, 0.1) is 6.54 Å². The molecule has 0 aliphatic carbocycles. The Hall–Kier alpha value is -2.02. The first-order valence-corrected chi connectivity index (χ1v) is 6.14. The lowest BCUT2D eigenvalue weighted by atomic mass is 10.3. The number of oxime groups is 1. The summed E-state index contributed by atoms with van der Waals surface area (Å²) in [6, 6.07) is 3.47. The van der Waals surface area contributed by atoms with Gasteiger partial charge in [-0.25, -0.2) is 0 Å². The maximum atomic E-state index is 12.1. The third-order valence-electron chi connectivity index (χ3n) is 3.12. The maximum absolute atomic E-state index is 12.1. The molecule has 1 aliphatic heterocycles. The zero-order chi connectivity index (χ0) is 13.8. The van der Waals surface area contributed by atoms with E-state index < -0.39 is 0 Å². The van der Waals surface area contributed by atoms with Crippen molar-refractivity contribution in [3.8, 4) is 0 Å². The molecule has 1 aromatic rings. The quantitative estimate of drug-likeness (QED) is 0.350. The maximum Gasteiger partial charge on any atom is 0.289 e. The topological polar surface area (TPSA) is 95.3 Å². The lowest BCUT2D eigenvalue weighted by Gasteiger charge is -2.33. The first-order chi connectivity index (χ1) is 9.10. The van der Waals surface area contributed by atoms with Gasteiger partial charge in [0.2, 0.25) is 0 Å². The van der Waals surface area contributed by atoms with E-state index in [1.165, 1.54) is 0 Å². The molecular formula is C12H18N4O3. The fourth-order valence-electron chi connectivity index (χ4n) is 2.08. The van der Waals surface area contributed by atoms with E-state index in [2.05, 4.69) is 5.16 Å². The smallest absolute Gasteiger partial charge is 0.289 e. The van der Waals surface area contributed by atoms with Gasteiger partial charge in [0.1, 0.15) is 5.76 Å². The van der Waals surface area contributed by atoms with Crippen molar-refractivity contribution in [2.45, 2.75) is 6.92 Å². The van der Waals surface area contributed by atoms with Gasteiger partial charge in [-0.2, -0.15) is 0 Å². The Kier molecular flexibility index (Phi) is 4.06. The molecule has 7 heteroatoms. The van der Waals surface area contributed by atoms with Crippen molar-refractivity contribution >= 4 is 11.7 Å². The molecule has 1 amide bonds. The van der Waals surface area contributed by atoms with E-state index in [1.807, 2.05) is 11.8 Å². The van der Waals surface area contributed by atoms with Crippen LogP contribution in [0.4, 0.5) is 0 Å². The van der Waals surface area contributed by atoms with E-state index in [-0.39, 0.29) is 11.7 Å². The zero-order valence-electron chi connectivity index (χ0n) is 10.9. The molecule has 0 unspecified atom stereocenters. The molecular weight excluding hydrogens is 248 g/mol. The van der Waals surface area contributed by atoms with Crippen LogP contribution in [0.5, 0.6) is 0 Å². The van der Waals surface area contributed by atoms with Crippen molar-refractivity contribution in [3.05, 3.63) is 23.7 Å². The molecule has 104 valence electrons. The van der Waals surface area contributed by atoms with Crippen molar-refractivity contribution in [1.29, 1.82) is 0 Å². The van der Waals surface area contributed by atoms with Gasteiger partial charge in [-0.15, -0.1) is 0 Å². The van der Waals surface area contributed by atoms with Crippen LogP contribution < -0.4 is 5.73 Å². The van der Waals surface area contributed by atoms with E-state index in [4.69, 9.17) is 15.4 Å². The fourth-order valence-corrected chi connectivity index (χ4v) is 2.08. The minimum absolute atomic E-state index is 0.0865. The molecule has 19 heavy (non-hydrogen) atoms. The largest absolute Gasteiger partial charge is 0.456 e. The molecule has 1 aromatic heterocycles. The predicted molar refractivity (Wildman–Crippen MR) is 69.2 cm³/mol. The molecule has 0 spiro atoms. The molecule has 2 heterocycles. The molecule has 1 aliphatic rings. The number of nitrogens with zero attached hydrogens (tertiary/aromatic N) is 3. The number of rotatable bonds is 3. The van der Waals surface area contributed by atoms with Crippen LogP contribution in [0.15, 0.2) is 21.7 Å². The van der Waals surface area contributed by atoms with Crippen molar-refractivity contribution in [2.24, 2.45) is 10.9 Å². The number of amides is 1. The first kappa shape index (κ1) is 13.4. The highest BCUT2D eigenvalue weighted by Gasteiger charge is 2.24. The fraction of sp³-hybridized carbons (Fsp3) is 0.500. The summed E-state index contributed by atoms with van der Waals surface area (Å²) in [5, 5.41) is 11.5. The molecule has 0 atom stereocenters. The van der Waals surface area contributed by atoms with Gasteiger partial charge in [-0.3, -0.25) is 9.69 Å². The zero-order valence-corrected chi connectivity index (χ0v) is 10.9. The lowest BCUT2D eigenvalue weighted by molar-refractivity contribution is 0.0620. The van der Waals surface area contributed by atoms with Crippen molar-refractivity contribution in [1.82, 2.24) is 9.80 Å². The number of aryl methyl sites for hydroxylation is 1. The summed E-state index contributed by atoms with van der Waals surface area (Å²) in [5.41, 5.74) is 5.45. The third-order valence-corrected chi connectivity index (χ3v) is 3.12. The van der Waals surface area contributed by atoms with Crippen LogP contribution in [0, 0.1) is 6.92 Å². The van der Waals surface area contributed by atoms with Gasteiger partial charge in [-0.05, 0) is 19.1 Å². The van der Waals surface area contributed by atoms with Crippen LogP contribution in [-0.2, 0) is 0 Å². The van der Waals surface area contributed by atoms with Gasteiger partial charge >= 0.3 is 0 Å². The van der Waals surface area contributed by atoms with Gasteiger partial charge in [-0.1, -0.05) is 5.16 Å². The molecule has 0 aromatic carbocycles. The number of hydrogen-bond donors (Lipinski definition) is 2. The molecule has 0 saturated carbocycles. The van der Waals surface area contributed by atoms with Crippen LogP contribution in [0.2, 0.25) is 0 Å². The summed E-state index contributed by atoms with van der Waals surface area (Å²) in [4.78, 5) is 15.9. The van der Waals surface area contributed by atoms with Gasteiger partial charge in [0.25, 0.3) is 5.91 Å². The Morgan fingerprint density at radius 3 is 2.63 bits per heavy atom. The predicted octanol–water partition coefficient (Wildman–Crippen LogP) is 0.0922. The highest BCUT2D eigenvalue weighted by molar-refractivity contribution is 5.91. The minimum atomic E-state index is -0.0865. The summed E-state index contributed by atoms with van der Waals surface area (Å²) in [6.07, 6.45) is 0. The second-order valence-corrected chi connectivity index (χ2v) is 4.57. The van der Waals surface area contributed by atoms with E-state index in [1.54, 1.807) is 17.0 Å². The first-order valence-electron chi connectivity index (χ1n) is 6.14. The van der Waals surface area contributed by atoms with Crippen LogP contribution in [0.1, 0.15) is 16.3 Å². The Labute approximate surface area is 111 Å². The lowest BCUT2D eigenvalue weighted by Crippen LogP contribution is -2.50. The van der Waals surface area contributed by atoms with Gasteiger partial charge in [0, 0.05) is 26.2 Å².